The van der Waals surface area contributed by atoms with E-state index >= 15 is 0 Å². The predicted molar refractivity (Wildman–Crippen MR) is 110 cm³/mol. The summed E-state index contributed by atoms with van der Waals surface area (Å²) < 4.78 is 9.94. The van der Waals surface area contributed by atoms with Gasteiger partial charge in [0.1, 0.15) is 11.9 Å². The van der Waals surface area contributed by atoms with Gasteiger partial charge in [-0.1, -0.05) is 11.6 Å². The zero-order valence-corrected chi connectivity index (χ0v) is 18.9. The van der Waals surface area contributed by atoms with E-state index in [1.807, 2.05) is 62.4 Å². The molecular weight excluding hydrogens is 452 g/mol. The quantitative estimate of drug-likeness (QED) is 0.403. The molecule has 1 aliphatic heterocycles. The number of fused-ring (bicyclic) bond motifs is 1. The summed E-state index contributed by atoms with van der Waals surface area (Å²) in [5.74, 6) is 2.10. The van der Waals surface area contributed by atoms with Gasteiger partial charge in [0.2, 0.25) is 5.78 Å². The summed E-state index contributed by atoms with van der Waals surface area (Å²) in [7, 11) is 0. The number of hydrogen-bond donors (Lipinski definition) is 0. The third-order valence-corrected chi connectivity index (χ3v) is 5.58. The van der Waals surface area contributed by atoms with Crippen molar-refractivity contribution in [2.24, 2.45) is 0 Å². The van der Waals surface area contributed by atoms with E-state index in [9.17, 15) is 4.79 Å². The van der Waals surface area contributed by atoms with Crippen LogP contribution in [-0.4, -0.2) is 17.0 Å². The largest absolute Gasteiger partial charge is 1.00 e. The Hall–Kier alpha value is -2.11. The van der Waals surface area contributed by atoms with Gasteiger partial charge in [0.25, 0.3) is 5.82 Å². The topological polar surface area (TPSA) is 35.1 Å². The maximum absolute atomic E-state index is 13.1. The minimum absolute atomic E-state index is 0. The van der Waals surface area contributed by atoms with E-state index in [4.69, 9.17) is 16.3 Å². The molecule has 29 heavy (non-hydrogen) atoms. The lowest BCUT2D eigenvalue weighted by Crippen LogP contribution is -3.00. The molecular formula is C23H24BrClN2O2. The standard InChI is InChI=1S/C23H24ClN2O2.BrH/c1-3-28-20-12-8-18(9-13-20)23(27)16(2)26-15-21(25-14-4-5-22(25)26)17-6-10-19(24)11-7-17;/h6-13,15-16H,3-5,14H2,1-2H3;1H/q+1;/p-1. The summed E-state index contributed by atoms with van der Waals surface area (Å²) in [5, 5.41) is 0.726. The summed E-state index contributed by atoms with van der Waals surface area (Å²) in [5.41, 5.74) is 2.96. The first-order valence-corrected chi connectivity index (χ1v) is 10.1. The van der Waals surface area contributed by atoms with Crippen LogP contribution in [0.3, 0.4) is 0 Å². The van der Waals surface area contributed by atoms with E-state index in [2.05, 4.69) is 15.3 Å². The average molecular weight is 476 g/mol. The summed E-state index contributed by atoms with van der Waals surface area (Å²) in [6.07, 6.45) is 4.18. The van der Waals surface area contributed by atoms with Crippen molar-refractivity contribution in [3.8, 4) is 17.0 Å². The Labute approximate surface area is 186 Å². The van der Waals surface area contributed by atoms with E-state index in [0.29, 0.717) is 12.2 Å². The van der Waals surface area contributed by atoms with Gasteiger partial charge in [0.05, 0.1) is 19.6 Å². The summed E-state index contributed by atoms with van der Waals surface area (Å²) >= 11 is 6.05. The number of rotatable bonds is 6. The van der Waals surface area contributed by atoms with Gasteiger partial charge in [0.15, 0.2) is 11.7 Å². The fourth-order valence-electron chi connectivity index (χ4n) is 3.90. The second-order valence-electron chi connectivity index (χ2n) is 7.10. The Kier molecular flexibility index (Phi) is 6.81. The molecule has 0 saturated carbocycles. The van der Waals surface area contributed by atoms with Crippen LogP contribution >= 0.6 is 11.6 Å². The molecule has 1 unspecified atom stereocenters. The molecule has 4 rings (SSSR count). The molecule has 0 amide bonds. The van der Waals surface area contributed by atoms with Crippen molar-refractivity contribution in [2.45, 2.75) is 39.3 Å². The van der Waals surface area contributed by atoms with Gasteiger partial charge in [-0.2, -0.15) is 0 Å². The van der Waals surface area contributed by atoms with Crippen molar-refractivity contribution in [2.75, 3.05) is 6.61 Å². The molecule has 2 aromatic carbocycles. The Morgan fingerprint density at radius 1 is 1.17 bits per heavy atom. The Morgan fingerprint density at radius 2 is 1.86 bits per heavy atom. The predicted octanol–water partition coefficient (Wildman–Crippen LogP) is 1.89. The van der Waals surface area contributed by atoms with Crippen molar-refractivity contribution in [3.63, 3.8) is 0 Å². The first kappa shape index (κ1) is 21.6. The number of ketones is 1. The molecule has 0 bridgehead atoms. The van der Waals surface area contributed by atoms with E-state index in [0.717, 1.165) is 41.4 Å². The number of Topliss-reactive ketones (excluding diaryl/α,β-unsaturated/α-hetero) is 1. The maximum Gasteiger partial charge on any atom is 0.257 e. The van der Waals surface area contributed by atoms with Crippen molar-refractivity contribution >= 4 is 17.4 Å². The van der Waals surface area contributed by atoms with Crippen LogP contribution in [0, 0.1) is 0 Å². The number of carbonyl (C=O) groups is 1. The van der Waals surface area contributed by atoms with Crippen LogP contribution in [0.25, 0.3) is 11.3 Å². The van der Waals surface area contributed by atoms with Crippen LogP contribution in [0.2, 0.25) is 5.02 Å². The van der Waals surface area contributed by atoms with Gasteiger partial charge in [0, 0.05) is 16.1 Å². The molecule has 0 aliphatic carbocycles. The fraction of sp³-hybridized carbons (Fsp3) is 0.304. The molecule has 1 atom stereocenters. The number of halogens is 2. The molecule has 1 aliphatic rings. The second kappa shape index (κ2) is 9.14. The molecule has 0 radical (unpaired) electrons. The molecule has 0 N–H and O–H groups in total. The molecule has 0 spiro atoms. The molecule has 0 saturated heterocycles. The third kappa shape index (κ3) is 4.26. The number of aromatic nitrogens is 2. The lowest BCUT2D eigenvalue weighted by Gasteiger charge is -2.10. The number of hydrogen-bond acceptors (Lipinski definition) is 2. The summed E-state index contributed by atoms with van der Waals surface area (Å²) in [4.78, 5) is 13.1. The normalized spacial score (nSPS) is 13.5. The lowest BCUT2D eigenvalue weighted by atomic mass is 10.0. The van der Waals surface area contributed by atoms with Gasteiger partial charge < -0.3 is 21.7 Å². The molecule has 4 nitrogen and oxygen atoms in total. The average Bonchev–Trinajstić information content (AvgIpc) is 3.31. The van der Waals surface area contributed by atoms with Gasteiger partial charge in [-0.25, -0.2) is 9.13 Å². The Bertz CT molecular complexity index is 997. The van der Waals surface area contributed by atoms with Crippen molar-refractivity contribution < 1.29 is 31.1 Å². The highest BCUT2D eigenvalue weighted by Crippen LogP contribution is 2.27. The van der Waals surface area contributed by atoms with Crippen LogP contribution in [0.4, 0.5) is 0 Å². The number of nitrogens with zero attached hydrogens (tertiary/aromatic N) is 2. The van der Waals surface area contributed by atoms with Gasteiger partial charge >= 0.3 is 0 Å². The number of benzene rings is 2. The molecule has 152 valence electrons. The number of imidazole rings is 1. The van der Waals surface area contributed by atoms with Crippen LogP contribution in [0.15, 0.2) is 54.7 Å². The van der Waals surface area contributed by atoms with Gasteiger partial charge in [-0.05, 0) is 68.8 Å². The highest BCUT2D eigenvalue weighted by molar-refractivity contribution is 6.30. The summed E-state index contributed by atoms with van der Waals surface area (Å²) in [6, 6.07) is 15.0. The van der Waals surface area contributed by atoms with E-state index < -0.39 is 0 Å². The van der Waals surface area contributed by atoms with Gasteiger partial charge in [-0.15, -0.1) is 0 Å². The zero-order chi connectivity index (χ0) is 19.7. The first-order chi connectivity index (χ1) is 13.6. The molecule has 6 heteroatoms. The van der Waals surface area contributed by atoms with Crippen molar-refractivity contribution in [3.05, 3.63) is 71.1 Å². The molecule has 3 aromatic rings. The van der Waals surface area contributed by atoms with Crippen LogP contribution in [0.1, 0.15) is 42.5 Å². The lowest BCUT2D eigenvalue weighted by molar-refractivity contribution is -0.710. The number of ether oxygens (including phenoxy) is 1. The van der Waals surface area contributed by atoms with E-state index in [-0.39, 0.29) is 28.8 Å². The van der Waals surface area contributed by atoms with Crippen LogP contribution in [0.5, 0.6) is 5.75 Å². The van der Waals surface area contributed by atoms with Crippen molar-refractivity contribution in [1.29, 1.82) is 0 Å². The van der Waals surface area contributed by atoms with Crippen LogP contribution < -0.4 is 26.3 Å². The second-order valence-corrected chi connectivity index (χ2v) is 7.53. The minimum atomic E-state index is -0.265. The fourth-order valence-corrected chi connectivity index (χ4v) is 4.03. The highest BCUT2D eigenvalue weighted by atomic mass is 79.9. The van der Waals surface area contributed by atoms with Gasteiger partial charge in [-0.3, -0.25) is 4.79 Å². The Morgan fingerprint density at radius 3 is 2.52 bits per heavy atom. The Balaban J connectivity index is 0.00000240. The number of carbonyl (C=O) groups excluding carboxylic acids is 1. The van der Waals surface area contributed by atoms with Crippen molar-refractivity contribution in [1.82, 2.24) is 4.57 Å². The minimum Gasteiger partial charge on any atom is -1.00 e. The smallest absolute Gasteiger partial charge is 0.257 e. The molecule has 1 aromatic heterocycles. The molecule has 0 fully saturated rings. The third-order valence-electron chi connectivity index (χ3n) is 5.33. The van der Waals surface area contributed by atoms with E-state index in [1.165, 1.54) is 5.82 Å². The van der Waals surface area contributed by atoms with E-state index in [1.54, 1.807) is 0 Å². The highest BCUT2D eigenvalue weighted by Gasteiger charge is 2.33. The first-order valence-electron chi connectivity index (χ1n) is 9.75. The maximum atomic E-state index is 13.1. The van der Waals surface area contributed by atoms with Crippen LogP contribution in [-0.2, 0) is 13.0 Å². The molecule has 2 heterocycles. The summed E-state index contributed by atoms with van der Waals surface area (Å²) in [6.45, 7) is 5.52. The zero-order valence-electron chi connectivity index (χ0n) is 16.6. The monoisotopic (exact) mass is 474 g/mol. The SMILES string of the molecule is CCOc1ccc(C(=O)C(C)[n+]2cc(-c3ccc(Cl)cc3)n3c2CCC3)cc1.[Br-].